The number of hydrogen-bond acceptors (Lipinski definition) is 3. The first kappa shape index (κ1) is 11.3. The van der Waals surface area contributed by atoms with Crippen LogP contribution in [0.2, 0.25) is 0 Å². The first-order valence-corrected chi connectivity index (χ1v) is 6.44. The van der Waals surface area contributed by atoms with E-state index in [1.807, 2.05) is 0 Å². The maximum Gasteiger partial charge on any atom is 0.197 e. The minimum absolute atomic E-state index is 0.221. The maximum absolute atomic E-state index is 14.3. The van der Waals surface area contributed by atoms with E-state index in [0.717, 1.165) is 12.8 Å². The van der Waals surface area contributed by atoms with Crippen LogP contribution >= 0.6 is 15.9 Å². The molecule has 0 unspecified atom stereocenters. The number of rotatable bonds is 2. The van der Waals surface area contributed by atoms with Gasteiger partial charge in [-0.1, -0.05) is 15.9 Å². The van der Waals surface area contributed by atoms with Gasteiger partial charge >= 0.3 is 0 Å². The van der Waals surface area contributed by atoms with E-state index in [1.54, 1.807) is 6.07 Å². The van der Waals surface area contributed by atoms with Crippen molar-refractivity contribution >= 4 is 15.9 Å². The SMILES string of the molecule is NC1(Cc2c(Br)cc3c(c2F)OCCO3)CC1. The van der Waals surface area contributed by atoms with E-state index in [9.17, 15) is 4.39 Å². The second kappa shape index (κ2) is 3.85. The number of ether oxygens (including phenoxy) is 2. The van der Waals surface area contributed by atoms with Crippen LogP contribution in [0.25, 0.3) is 0 Å². The molecule has 1 aromatic rings. The van der Waals surface area contributed by atoms with Gasteiger partial charge in [0.15, 0.2) is 17.3 Å². The van der Waals surface area contributed by atoms with Crippen molar-refractivity contribution in [1.82, 2.24) is 0 Å². The van der Waals surface area contributed by atoms with Crippen molar-refractivity contribution in [2.75, 3.05) is 13.2 Å². The standard InChI is InChI=1S/C12H13BrFNO2/c13-8-5-9-11(17-4-3-16-9)10(14)7(8)6-12(15)1-2-12/h5H,1-4,6,15H2. The average molecular weight is 302 g/mol. The van der Waals surface area contributed by atoms with Crippen molar-refractivity contribution < 1.29 is 13.9 Å². The van der Waals surface area contributed by atoms with E-state index < -0.39 is 0 Å². The Morgan fingerprint density at radius 2 is 2.06 bits per heavy atom. The van der Waals surface area contributed by atoms with Crippen LogP contribution in [-0.2, 0) is 6.42 Å². The van der Waals surface area contributed by atoms with E-state index in [4.69, 9.17) is 15.2 Å². The topological polar surface area (TPSA) is 44.5 Å². The third-order valence-corrected chi connectivity index (χ3v) is 3.95. The zero-order valence-corrected chi connectivity index (χ0v) is 10.8. The molecule has 1 fully saturated rings. The normalized spacial score (nSPS) is 20.2. The Hall–Kier alpha value is -0.810. The zero-order valence-electron chi connectivity index (χ0n) is 9.26. The summed E-state index contributed by atoms with van der Waals surface area (Å²) in [6.07, 6.45) is 2.44. The van der Waals surface area contributed by atoms with Gasteiger partial charge in [-0.05, 0) is 25.3 Å². The molecular formula is C12H13BrFNO2. The highest BCUT2D eigenvalue weighted by Gasteiger charge is 2.40. The predicted octanol–water partition coefficient (Wildman–Crippen LogP) is 2.39. The minimum Gasteiger partial charge on any atom is -0.486 e. The van der Waals surface area contributed by atoms with Gasteiger partial charge in [-0.15, -0.1) is 0 Å². The maximum atomic E-state index is 14.3. The van der Waals surface area contributed by atoms with Crippen molar-refractivity contribution in [3.05, 3.63) is 21.9 Å². The van der Waals surface area contributed by atoms with Crippen molar-refractivity contribution in [2.45, 2.75) is 24.8 Å². The molecule has 0 bridgehead atoms. The molecule has 3 nitrogen and oxygen atoms in total. The molecule has 0 aromatic heterocycles. The summed E-state index contributed by atoms with van der Waals surface area (Å²) in [6.45, 7) is 0.845. The number of hydrogen-bond donors (Lipinski definition) is 1. The van der Waals surface area contributed by atoms with Crippen molar-refractivity contribution in [2.24, 2.45) is 5.73 Å². The van der Waals surface area contributed by atoms with Gasteiger partial charge in [-0.25, -0.2) is 4.39 Å². The first-order chi connectivity index (χ1) is 8.09. The zero-order chi connectivity index (χ0) is 12.0. The average Bonchev–Trinajstić information content (AvgIpc) is 3.03. The molecule has 1 heterocycles. The minimum atomic E-state index is -0.342. The Morgan fingerprint density at radius 3 is 2.76 bits per heavy atom. The highest BCUT2D eigenvalue weighted by Crippen LogP contribution is 2.43. The van der Waals surface area contributed by atoms with Gasteiger partial charge in [0, 0.05) is 15.6 Å². The first-order valence-electron chi connectivity index (χ1n) is 5.64. The molecule has 2 N–H and O–H groups in total. The molecule has 0 radical (unpaired) electrons. The van der Waals surface area contributed by atoms with Gasteiger partial charge in [-0.2, -0.15) is 0 Å². The van der Waals surface area contributed by atoms with Crippen LogP contribution in [-0.4, -0.2) is 18.8 Å². The molecule has 5 heteroatoms. The molecule has 0 amide bonds. The monoisotopic (exact) mass is 301 g/mol. The molecule has 1 aliphatic carbocycles. The largest absolute Gasteiger partial charge is 0.486 e. The van der Waals surface area contributed by atoms with Gasteiger partial charge in [0.25, 0.3) is 0 Å². The molecule has 0 atom stereocenters. The predicted molar refractivity (Wildman–Crippen MR) is 64.9 cm³/mol. The summed E-state index contributed by atoms with van der Waals surface area (Å²) in [5.41, 5.74) is 6.40. The fraction of sp³-hybridized carbons (Fsp3) is 0.500. The fourth-order valence-electron chi connectivity index (χ4n) is 2.01. The lowest BCUT2D eigenvalue weighted by atomic mass is 10.0. The van der Waals surface area contributed by atoms with Crippen LogP contribution < -0.4 is 15.2 Å². The third-order valence-electron chi connectivity index (χ3n) is 3.24. The second-order valence-corrected chi connectivity index (χ2v) is 5.57. The number of fused-ring (bicyclic) bond motifs is 1. The van der Waals surface area contributed by atoms with Crippen molar-refractivity contribution in [3.63, 3.8) is 0 Å². The molecule has 0 spiro atoms. The highest BCUT2D eigenvalue weighted by molar-refractivity contribution is 9.10. The van der Waals surface area contributed by atoms with Crippen LogP contribution in [0.4, 0.5) is 4.39 Å². The lowest BCUT2D eigenvalue weighted by Crippen LogP contribution is -2.26. The molecule has 2 aliphatic rings. The van der Waals surface area contributed by atoms with Gasteiger partial charge in [0.1, 0.15) is 13.2 Å². The van der Waals surface area contributed by atoms with Gasteiger partial charge in [0.05, 0.1) is 0 Å². The van der Waals surface area contributed by atoms with Crippen LogP contribution in [0.5, 0.6) is 11.5 Å². The molecule has 0 saturated heterocycles. The van der Waals surface area contributed by atoms with Crippen molar-refractivity contribution in [1.29, 1.82) is 0 Å². The second-order valence-electron chi connectivity index (χ2n) is 4.71. The molecule has 1 aromatic carbocycles. The Kier molecular flexibility index (Phi) is 2.56. The molecule has 1 saturated carbocycles. The quantitative estimate of drug-likeness (QED) is 0.912. The smallest absolute Gasteiger partial charge is 0.197 e. The Morgan fingerprint density at radius 1 is 1.35 bits per heavy atom. The lowest BCUT2D eigenvalue weighted by molar-refractivity contribution is 0.163. The molecule has 1 aliphatic heterocycles. The van der Waals surface area contributed by atoms with Crippen LogP contribution in [0.1, 0.15) is 18.4 Å². The summed E-state index contributed by atoms with van der Waals surface area (Å²) in [7, 11) is 0. The van der Waals surface area contributed by atoms with E-state index in [1.165, 1.54) is 0 Å². The number of halogens is 2. The summed E-state index contributed by atoms with van der Waals surface area (Å²) in [5.74, 6) is 0.343. The summed E-state index contributed by atoms with van der Waals surface area (Å²) < 4.78 is 25.7. The summed E-state index contributed by atoms with van der Waals surface area (Å²) in [5, 5.41) is 0. The van der Waals surface area contributed by atoms with E-state index in [-0.39, 0.29) is 17.1 Å². The number of benzene rings is 1. The number of nitrogens with two attached hydrogens (primary N) is 1. The Bertz CT molecular complexity index is 474. The van der Waals surface area contributed by atoms with E-state index in [0.29, 0.717) is 35.4 Å². The van der Waals surface area contributed by atoms with E-state index in [2.05, 4.69) is 15.9 Å². The fourth-order valence-corrected chi connectivity index (χ4v) is 2.53. The van der Waals surface area contributed by atoms with Gasteiger partial charge < -0.3 is 15.2 Å². The third kappa shape index (κ3) is 2.02. The Balaban J connectivity index is 2.02. The molecule has 3 rings (SSSR count). The summed E-state index contributed by atoms with van der Waals surface area (Å²) in [4.78, 5) is 0. The summed E-state index contributed by atoms with van der Waals surface area (Å²) >= 11 is 3.38. The molecule has 17 heavy (non-hydrogen) atoms. The lowest BCUT2D eigenvalue weighted by Gasteiger charge is -2.22. The highest BCUT2D eigenvalue weighted by atomic mass is 79.9. The summed E-state index contributed by atoms with van der Waals surface area (Å²) in [6, 6.07) is 1.76. The Labute approximate surface area is 107 Å². The van der Waals surface area contributed by atoms with Crippen LogP contribution in [0.15, 0.2) is 10.5 Å². The van der Waals surface area contributed by atoms with Crippen LogP contribution in [0.3, 0.4) is 0 Å². The van der Waals surface area contributed by atoms with E-state index >= 15 is 0 Å². The van der Waals surface area contributed by atoms with Crippen molar-refractivity contribution in [3.8, 4) is 11.5 Å². The van der Waals surface area contributed by atoms with Gasteiger partial charge in [-0.3, -0.25) is 0 Å². The molecule has 92 valence electrons. The van der Waals surface area contributed by atoms with Gasteiger partial charge in [0.2, 0.25) is 0 Å². The van der Waals surface area contributed by atoms with Crippen LogP contribution in [0, 0.1) is 5.82 Å². The molecular weight excluding hydrogens is 289 g/mol.